The first-order chi connectivity index (χ1) is 10.5. The summed E-state index contributed by atoms with van der Waals surface area (Å²) in [6.45, 7) is -1.30. The summed E-state index contributed by atoms with van der Waals surface area (Å²) in [6, 6.07) is 9.43. The molecular formula is C13H18FO5PSe. The Kier molecular flexibility index (Phi) is 5.83. The van der Waals surface area contributed by atoms with Gasteiger partial charge in [0.2, 0.25) is 0 Å². The molecule has 0 bridgehead atoms. The number of hydrogen-bond acceptors (Lipinski definition) is 5. The number of rotatable bonds is 7. The number of ether oxygens (including phenoxy) is 2. The van der Waals surface area contributed by atoms with E-state index in [0.717, 1.165) is 4.46 Å². The maximum atomic E-state index is 14.2. The van der Waals surface area contributed by atoms with Crippen LogP contribution < -0.4 is 4.46 Å². The van der Waals surface area contributed by atoms with Crippen LogP contribution in [0.1, 0.15) is 1.37 Å². The Morgan fingerprint density at radius 2 is 2.10 bits per heavy atom. The molecule has 0 aromatic heterocycles. The first kappa shape index (κ1) is 15.6. The van der Waals surface area contributed by atoms with Crippen molar-refractivity contribution in [3.8, 4) is 0 Å². The second-order valence-corrected chi connectivity index (χ2v) is 9.09. The van der Waals surface area contributed by atoms with Gasteiger partial charge in [-0.1, -0.05) is 0 Å². The van der Waals surface area contributed by atoms with Gasteiger partial charge in [-0.15, -0.1) is 0 Å². The van der Waals surface area contributed by atoms with Crippen molar-refractivity contribution in [1.29, 1.82) is 0 Å². The summed E-state index contributed by atoms with van der Waals surface area (Å²) >= 11 is -0.273. The Labute approximate surface area is 131 Å². The maximum absolute atomic E-state index is 14.2. The molecule has 1 fully saturated rings. The number of halogens is 1. The Morgan fingerprint density at radius 1 is 1.43 bits per heavy atom. The zero-order valence-electron chi connectivity index (χ0n) is 12.7. The van der Waals surface area contributed by atoms with E-state index in [1.54, 1.807) is 0 Å². The molecule has 2 rings (SSSR count). The predicted octanol–water partition coefficient (Wildman–Crippen LogP) is 1.96. The quantitative estimate of drug-likeness (QED) is 0.531. The average Bonchev–Trinajstić information content (AvgIpc) is 2.81. The molecule has 0 N–H and O–H groups in total. The van der Waals surface area contributed by atoms with Gasteiger partial charge >= 0.3 is 131 Å². The van der Waals surface area contributed by atoms with Crippen molar-refractivity contribution in [2.24, 2.45) is 0 Å². The van der Waals surface area contributed by atoms with Gasteiger partial charge in [0, 0.05) is 0 Å². The number of benzene rings is 1. The molecule has 8 heteroatoms. The normalized spacial score (nSPS) is 30.3. The first-order valence-corrected chi connectivity index (χ1v) is 9.82. The van der Waals surface area contributed by atoms with Crippen molar-refractivity contribution in [1.82, 2.24) is 0 Å². The van der Waals surface area contributed by atoms with Crippen LogP contribution in [0.5, 0.6) is 0 Å². The summed E-state index contributed by atoms with van der Waals surface area (Å²) in [7, 11) is -0.861. The summed E-state index contributed by atoms with van der Waals surface area (Å²) in [4.78, 5) is -0.584. The summed E-state index contributed by atoms with van der Waals surface area (Å²) in [5, 5.41) is 0. The molecule has 5 nitrogen and oxygen atoms in total. The van der Waals surface area contributed by atoms with Crippen LogP contribution in [0.15, 0.2) is 30.3 Å². The van der Waals surface area contributed by atoms with Crippen LogP contribution >= 0.6 is 7.60 Å². The Bertz CT molecular complexity index is 514. The van der Waals surface area contributed by atoms with Crippen LogP contribution in [0.3, 0.4) is 0 Å². The molecule has 118 valence electrons. The van der Waals surface area contributed by atoms with Crippen LogP contribution in [0.2, 0.25) is 4.82 Å². The molecule has 1 aliphatic rings. The zero-order valence-corrected chi connectivity index (χ0v) is 14.3. The molecule has 0 aliphatic carbocycles. The van der Waals surface area contributed by atoms with Gasteiger partial charge in [0.1, 0.15) is 0 Å². The van der Waals surface area contributed by atoms with Crippen molar-refractivity contribution in [2.75, 3.05) is 27.2 Å². The van der Waals surface area contributed by atoms with Gasteiger partial charge in [-0.05, 0) is 0 Å². The standard InChI is InChI=1S/C13H18FO5PSe/c1-16-20(15,17-2)9-19-13-12(11(14)8-18-13)21-10-6-4-3-5-7-10/h3-7,11-13H,8-9H2,1-2H3/t11-,12+,13-/m1/s1/i8T/t8?,11-,12+,13-. The minimum atomic E-state index is -3.36. The SMILES string of the molecule is [3H]C1O[C@H](OCP(=O)(OC)OC)[C@@H]([Se]c2ccccc2)[C@@H]1F. The third-order valence-corrected chi connectivity index (χ3v) is 7.20. The molecule has 0 radical (unpaired) electrons. The minimum absolute atomic E-state index is 0.273. The molecule has 0 spiro atoms. The third-order valence-electron chi connectivity index (χ3n) is 2.89. The topological polar surface area (TPSA) is 54.0 Å². The fourth-order valence-corrected chi connectivity index (χ4v) is 4.66. The van der Waals surface area contributed by atoms with E-state index in [1.165, 1.54) is 14.2 Å². The first-order valence-electron chi connectivity index (χ1n) is 6.82. The van der Waals surface area contributed by atoms with Crippen LogP contribution in [-0.2, 0) is 23.1 Å². The van der Waals surface area contributed by atoms with Crippen molar-refractivity contribution < 1.29 is 28.8 Å². The van der Waals surface area contributed by atoms with E-state index in [4.69, 9.17) is 19.9 Å². The fraction of sp³-hybridized carbons (Fsp3) is 0.538. The van der Waals surface area contributed by atoms with Crippen LogP contribution in [0.4, 0.5) is 4.39 Å². The van der Waals surface area contributed by atoms with E-state index in [1.807, 2.05) is 30.3 Å². The summed E-state index contributed by atoms with van der Waals surface area (Å²) in [5.74, 6) is 0. The van der Waals surface area contributed by atoms with Crippen molar-refractivity contribution in [3.05, 3.63) is 30.3 Å². The Morgan fingerprint density at radius 3 is 2.71 bits per heavy atom. The van der Waals surface area contributed by atoms with E-state index in [0.29, 0.717) is 0 Å². The summed E-state index contributed by atoms with van der Waals surface area (Å²) in [6.07, 6.45) is -2.73. The van der Waals surface area contributed by atoms with Gasteiger partial charge in [0.15, 0.2) is 0 Å². The number of hydrogen-bond donors (Lipinski definition) is 0. The number of alkyl halides is 1. The van der Waals surface area contributed by atoms with Gasteiger partial charge < -0.3 is 0 Å². The van der Waals surface area contributed by atoms with Crippen molar-refractivity contribution in [3.63, 3.8) is 0 Å². The molecule has 21 heavy (non-hydrogen) atoms. The molecule has 0 saturated carbocycles. The van der Waals surface area contributed by atoms with E-state index < -0.39 is 31.5 Å². The van der Waals surface area contributed by atoms with Gasteiger partial charge in [-0.25, -0.2) is 0 Å². The van der Waals surface area contributed by atoms with Crippen LogP contribution in [-0.4, -0.2) is 54.6 Å². The molecule has 1 aromatic rings. The summed E-state index contributed by atoms with van der Waals surface area (Å²) < 4.78 is 54.9. The Hall–Kier alpha value is -0.261. The molecule has 1 aliphatic heterocycles. The van der Waals surface area contributed by atoms with Gasteiger partial charge in [-0.3, -0.25) is 0 Å². The molecule has 1 unspecified atom stereocenters. The Balaban J connectivity index is 2.03. The van der Waals surface area contributed by atoms with E-state index in [-0.39, 0.29) is 21.3 Å². The third kappa shape index (κ3) is 4.60. The molecule has 1 saturated heterocycles. The van der Waals surface area contributed by atoms with E-state index >= 15 is 0 Å². The molecular weight excluding hydrogens is 365 g/mol. The second-order valence-electron chi connectivity index (χ2n) is 4.25. The molecule has 1 heterocycles. The monoisotopic (exact) mass is 386 g/mol. The second kappa shape index (κ2) is 7.84. The fourth-order valence-electron chi connectivity index (χ4n) is 1.71. The van der Waals surface area contributed by atoms with Crippen LogP contribution in [0, 0.1) is 0 Å². The van der Waals surface area contributed by atoms with Crippen molar-refractivity contribution >= 4 is 27.0 Å². The molecule has 1 aromatic carbocycles. The molecule has 4 atom stereocenters. The van der Waals surface area contributed by atoms with E-state index in [9.17, 15) is 8.96 Å². The van der Waals surface area contributed by atoms with Gasteiger partial charge in [-0.2, -0.15) is 0 Å². The zero-order chi connectivity index (χ0) is 16.2. The van der Waals surface area contributed by atoms with Gasteiger partial charge in [0.05, 0.1) is 0 Å². The summed E-state index contributed by atoms with van der Waals surface area (Å²) in [5.41, 5.74) is 0. The van der Waals surface area contributed by atoms with Gasteiger partial charge in [0.25, 0.3) is 0 Å². The molecule has 0 amide bonds. The van der Waals surface area contributed by atoms with Crippen LogP contribution in [0.25, 0.3) is 0 Å². The van der Waals surface area contributed by atoms with Crippen molar-refractivity contribution in [2.45, 2.75) is 17.3 Å². The predicted molar refractivity (Wildman–Crippen MR) is 77.8 cm³/mol. The van der Waals surface area contributed by atoms with E-state index in [2.05, 4.69) is 0 Å². The average molecular weight is 385 g/mol.